The number of benzene rings is 2. The van der Waals surface area contributed by atoms with Crippen molar-refractivity contribution in [2.24, 2.45) is 0 Å². The number of ether oxygens (including phenoxy) is 1. The fourth-order valence-corrected chi connectivity index (χ4v) is 2.89. The normalized spacial score (nSPS) is 16.3. The summed E-state index contributed by atoms with van der Waals surface area (Å²) < 4.78 is 5.23. The van der Waals surface area contributed by atoms with Gasteiger partial charge in [-0.3, -0.25) is 0 Å². The lowest BCUT2D eigenvalue weighted by Crippen LogP contribution is -2.13. The van der Waals surface area contributed by atoms with Crippen LogP contribution in [0.1, 0.15) is 35.1 Å². The Kier molecular flexibility index (Phi) is 3.61. The zero-order valence-electron chi connectivity index (χ0n) is 12.3. The molecule has 2 nitrogen and oxygen atoms in total. The number of hydrogen-bond donors (Lipinski definition) is 0. The van der Waals surface area contributed by atoms with Gasteiger partial charge in [0.05, 0.1) is 6.61 Å². The van der Waals surface area contributed by atoms with Crippen LogP contribution in [0.3, 0.4) is 0 Å². The topological polar surface area (TPSA) is 26.3 Å². The highest BCUT2D eigenvalue weighted by Crippen LogP contribution is 2.41. The Morgan fingerprint density at radius 3 is 2.62 bits per heavy atom. The molecule has 2 aromatic carbocycles. The predicted molar refractivity (Wildman–Crippen MR) is 84.1 cm³/mol. The molecule has 1 atom stereocenters. The van der Waals surface area contributed by atoms with Gasteiger partial charge >= 0.3 is 5.97 Å². The lowest BCUT2D eigenvalue weighted by atomic mass is 9.88. The maximum absolute atomic E-state index is 12.3. The van der Waals surface area contributed by atoms with Crippen molar-refractivity contribution in [3.05, 3.63) is 76.4 Å². The van der Waals surface area contributed by atoms with Gasteiger partial charge in [0.25, 0.3) is 0 Å². The molecule has 0 fully saturated rings. The molecule has 1 aliphatic rings. The molecule has 0 spiro atoms. The van der Waals surface area contributed by atoms with Crippen LogP contribution < -0.4 is 0 Å². The molecule has 1 unspecified atom stereocenters. The number of aryl methyl sites for hydroxylation is 1. The second kappa shape index (κ2) is 5.57. The first kappa shape index (κ1) is 13.6. The molecule has 0 aromatic heterocycles. The van der Waals surface area contributed by atoms with Gasteiger partial charge in [-0.2, -0.15) is 0 Å². The van der Waals surface area contributed by atoms with Gasteiger partial charge in [-0.15, -0.1) is 0 Å². The van der Waals surface area contributed by atoms with E-state index in [4.69, 9.17) is 4.74 Å². The molecule has 1 aliphatic carbocycles. The van der Waals surface area contributed by atoms with Crippen LogP contribution in [0, 0.1) is 6.92 Å². The number of fused-ring (bicyclic) bond motifs is 1. The van der Waals surface area contributed by atoms with Gasteiger partial charge in [0.15, 0.2) is 0 Å². The fraction of sp³-hybridized carbons (Fsp3) is 0.211. The molecular weight excluding hydrogens is 260 g/mol. The van der Waals surface area contributed by atoms with Crippen LogP contribution in [0.4, 0.5) is 0 Å². The van der Waals surface area contributed by atoms with Gasteiger partial charge in [-0.25, -0.2) is 4.79 Å². The van der Waals surface area contributed by atoms with Gasteiger partial charge < -0.3 is 4.74 Å². The summed E-state index contributed by atoms with van der Waals surface area (Å²) in [6.45, 7) is 4.31. The molecule has 0 heterocycles. The number of carbonyl (C=O) groups is 1. The standard InChI is InChI=1S/C19H18O2/c1-3-21-19(20)17-12-15-10-9-13(2)11-16(15)18(17)14-7-5-4-6-8-14/h4-12,18H,3H2,1-2H3. The van der Waals surface area contributed by atoms with Crippen LogP contribution in [-0.2, 0) is 9.53 Å². The van der Waals surface area contributed by atoms with Crippen molar-refractivity contribution in [3.8, 4) is 0 Å². The first-order valence-corrected chi connectivity index (χ1v) is 7.25. The van der Waals surface area contributed by atoms with Crippen LogP contribution in [-0.4, -0.2) is 12.6 Å². The highest BCUT2D eigenvalue weighted by Gasteiger charge is 2.31. The molecular formula is C19H18O2. The van der Waals surface area contributed by atoms with E-state index in [2.05, 4.69) is 37.3 Å². The fourth-order valence-electron chi connectivity index (χ4n) is 2.89. The predicted octanol–water partition coefficient (Wildman–Crippen LogP) is 4.09. The van der Waals surface area contributed by atoms with E-state index in [1.807, 2.05) is 31.2 Å². The van der Waals surface area contributed by atoms with Crippen LogP contribution in [0.15, 0.2) is 54.1 Å². The van der Waals surface area contributed by atoms with Crippen LogP contribution >= 0.6 is 0 Å². The lowest BCUT2D eigenvalue weighted by Gasteiger charge is -2.17. The molecule has 3 rings (SSSR count). The largest absolute Gasteiger partial charge is 0.463 e. The van der Waals surface area contributed by atoms with E-state index in [9.17, 15) is 4.79 Å². The molecule has 2 heteroatoms. The van der Waals surface area contributed by atoms with Crippen LogP contribution in [0.25, 0.3) is 6.08 Å². The van der Waals surface area contributed by atoms with Crippen molar-refractivity contribution in [3.63, 3.8) is 0 Å². The van der Waals surface area contributed by atoms with E-state index >= 15 is 0 Å². The minimum Gasteiger partial charge on any atom is -0.463 e. The van der Waals surface area contributed by atoms with E-state index in [0.717, 1.165) is 16.7 Å². The summed E-state index contributed by atoms with van der Waals surface area (Å²) in [5.41, 5.74) is 5.35. The summed E-state index contributed by atoms with van der Waals surface area (Å²) in [5.74, 6) is -0.250. The van der Waals surface area contributed by atoms with Crippen molar-refractivity contribution < 1.29 is 9.53 Å². The van der Waals surface area contributed by atoms with Gasteiger partial charge in [0.1, 0.15) is 0 Å². The van der Waals surface area contributed by atoms with E-state index in [0.29, 0.717) is 6.61 Å². The Morgan fingerprint density at radius 2 is 1.90 bits per heavy atom. The van der Waals surface area contributed by atoms with Gasteiger partial charge in [0, 0.05) is 11.5 Å². The van der Waals surface area contributed by atoms with E-state index in [1.54, 1.807) is 0 Å². The van der Waals surface area contributed by atoms with Gasteiger partial charge in [0.2, 0.25) is 0 Å². The first-order valence-electron chi connectivity index (χ1n) is 7.25. The van der Waals surface area contributed by atoms with Crippen molar-refractivity contribution in [2.45, 2.75) is 19.8 Å². The molecule has 0 saturated carbocycles. The Bertz CT molecular complexity index is 699. The molecule has 0 N–H and O–H groups in total. The second-order valence-electron chi connectivity index (χ2n) is 5.30. The summed E-state index contributed by atoms with van der Waals surface area (Å²) in [6, 6.07) is 16.4. The Hall–Kier alpha value is -2.35. The van der Waals surface area contributed by atoms with E-state index < -0.39 is 0 Å². The molecule has 0 aliphatic heterocycles. The molecule has 0 radical (unpaired) electrons. The first-order chi connectivity index (χ1) is 10.2. The van der Waals surface area contributed by atoms with Crippen molar-refractivity contribution in [1.82, 2.24) is 0 Å². The average Bonchev–Trinajstić information content (AvgIpc) is 2.87. The number of rotatable bonds is 3. The maximum atomic E-state index is 12.3. The van der Waals surface area contributed by atoms with E-state index in [-0.39, 0.29) is 11.9 Å². The molecule has 106 valence electrons. The Labute approximate surface area is 125 Å². The quantitative estimate of drug-likeness (QED) is 0.791. The summed E-state index contributed by atoms with van der Waals surface area (Å²) in [7, 11) is 0. The van der Waals surface area contributed by atoms with Crippen molar-refractivity contribution >= 4 is 12.0 Å². The van der Waals surface area contributed by atoms with Crippen LogP contribution in [0.2, 0.25) is 0 Å². The molecule has 0 saturated heterocycles. The molecule has 21 heavy (non-hydrogen) atoms. The van der Waals surface area contributed by atoms with Gasteiger partial charge in [-0.05, 0) is 36.6 Å². The number of hydrogen-bond acceptors (Lipinski definition) is 2. The highest BCUT2D eigenvalue weighted by molar-refractivity contribution is 5.99. The smallest absolute Gasteiger partial charge is 0.334 e. The van der Waals surface area contributed by atoms with Crippen molar-refractivity contribution in [1.29, 1.82) is 0 Å². The monoisotopic (exact) mass is 278 g/mol. The SMILES string of the molecule is CCOC(=O)C1=Cc2ccc(C)cc2C1c1ccccc1. The third-order valence-electron chi connectivity index (χ3n) is 3.82. The minimum atomic E-state index is -0.222. The summed E-state index contributed by atoms with van der Waals surface area (Å²) >= 11 is 0. The lowest BCUT2D eigenvalue weighted by molar-refractivity contribution is -0.138. The summed E-state index contributed by atoms with van der Waals surface area (Å²) in [6.07, 6.45) is 1.96. The minimum absolute atomic E-state index is 0.0276. The average molecular weight is 278 g/mol. The number of esters is 1. The third-order valence-corrected chi connectivity index (χ3v) is 3.82. The zero-order chi connectivity index (χ0) is 14.8. The summed E-state index contributed by atoms with van der Waals surface area (Å²) in [5, 5.41) is 0. The second-order valence-corrected chi connectivity index (χ2v) is 5.30. The highest BCUT2D eigenvalue weighted by atomic mass is 16.5. The van der Waals surface area contributed by atoms with Crippen LogP contribution in [0.5, 0.6) is 0 Å². The van der Waals surface area contributed by atoms with E-state index in [1.165, 1.54) is 11.1 Å². The Morgan fingerprint density at radius 1 is 1.14 bits per heavy atom. The molecule has 0 amide bonds. The Balaban J connectivity index is 2.11. The summed E-state index contributed by atoms with van der Waals surface area (Å²) in [4.78, 5) is 12.3. The van der Waals surface area contributed by atoms with Gasteiger partial charge in [-0.1, -0.05) is 54.1 Å². The molecule has 2 aromatic rings. The zero-order valence-corrected chi connectivity index (χ0v) is 12.3. The van der Waals surface area contributed by atoms with Crippen molar-refractivity contribution in [2.75, 3.05) is 6.61 Å². The third kappa shape index (κ3) is 2.49. The number of carbonyl (C=O) groups excluding carboxylic acids is 1. The molecule has 0 bridgehead atoms. The maximum Gasteiger partial charge on any atom is 0.334 e.